The summed E-state index contributed by atoms with van der Waals surface area (Å²) in [6.45, 7) is 3.08. The quantitative estimate of drug-likeness (QED) is 0.606. The molecule has 1 aliphatic heterocycles. The van der Waals surface area contributed by atoms with Crippen LogP contribution in [0, 0.1) is 0 Å². The molecular formula is C7H15ClN2O. The lowest BCUT2D eigenvalue weighted by Gasteiger charge is -2.30. The Morgan fingerprint density at radius 2 is 2.45 bits per heavy atom. The van der Waals surface area contributed by atoms with Crippen LogP contribution >= 0.6 is 11.8 Å². The molecule has 0 aromatic heterocycles. The number of aliphatic hydroxyl groups excluding tert-OH is 1. The fourth-order valence-corrected chi connectivity index (χ4v) is 1.56. The lowest BCUT2D eigenvalue weighted by molar-refractivity contribution is 0.229. The molecule has 1 heterocycles. The van der Waals surface area contributed by atoms with E-state index in [1.165, 1.54) is 0 Å². The number of rotatable bonds is 3. The summed E-state index contributed by atoms with van der Waals surface area (Å²) >= 11 is 5.93. The fourth-order valence-electron chi connectivity index (χ4n) is 1.31. The van der Waals surface area contributed by atoms with E-state index < -0.39 is 0 Å². The molecule has 3 nitrogen and oxygen atoms in total. The molecule has 66 valence electrons. The summed E-state index contributed by atoms with van der Waals surface area (Å²) in [6.07, 6.45) is 1.82. The van der Waals surface area contributed by atoms with Crippen molar-refractivity contribution in [3.8, 4) is 0 Å². The number of hydrogen-bond donors (Lipinski definition) is 2. The summed E-state index contributed by atoms with van der Waals surface area (Å²) in [4.78, 5) is 0. The predicted molar refractivity (Wildman–Crippen MR) is 45.5 cm³/mol. The first kappa shape index (κ1) is 9.26. The topological polar surface area (TPSA) is 35.5 Å². The second-order valence-electron chi connectivity index (χ2n) is 2.85. The Morgan fingerprint density at radius 3 is 3.09 bits per heavy atom. The maximum Gasteiger partial charge on any atom is 0.0431 e. The van der Waals surface area contributed by atoms with Gasteiger partial charge in [0.2, 0.25) is 0 Å². The summed E-state index contributed by atoms with van der Waals surface area (Å²) in [5.74, 6) is 0. The molecule has 0 bridgehead atoms. The van der Waals surface area contributed by atoms with Gasteiger partial charge < -0.3 is 10.4 Å². The molecule has 0 saturated carbocycles. The molecule has 0 spiro atoms. The van der Waals surface area contributed by atoms with Crippen molar-refractivity contribution in [1.29, 1.82) is 0 Å². The summed E-state index contributed by atoms with van der Waals surface area (Å²) in [5.41, 5.74) is 0. The summed E-state index contributed by atoms with van der Waals surface area (Å²) < 4.78 is 1.84. The Labute approximate surface area is 72.4 Å². The second-order valence-corrected chi connectivity index (χ2v) is 3.28. The van der Waals surface area contributed by atoms with Crippen molar-refractivity contribution in [2.24, 2.45) is 0 Å². The van der Waals surface area contributed by atoms with Gasteiger partial charge in [0.05, 0.1) is 0 Å². The average molecular weight is 179 g/mol. The van der Waals surface area contributed by atoms with Gasteiger partial charge in [-0.1, -0.05) is 0 Å². The Bertz CT molecular complexity index is 113. The zero-order valence-corrected chi connectivity index (χ0v) is 7.35. The molecule has 4 heteroatoms. The Morgan fingerprint density at radius 1 is 1.64 bits per heavy atom. The first-order valence-electron chi connectivity index (χ1n) is 4.08. The van der Waals surface area contributed by atoms with Crippen LogP contribution in [0.5, 0.6) is 0 Å². The van der Waals surface area contributed by atoms with E-state index in [1.807, 2.05) is 4.42 Å². The van der Waals surface area contributed by atoms with Crippen LogP contribution < -0.4 is 5.32 Å². The summed E-state index contributed by atoms with van der Waals surface area (Å²) in [7, 11) is 0. The predicted octanol–water partition coefficient (Wildman–Crippen LogP) is 0.187. The Balaban J connectivity index is 2.18. The maximum absolute atomic E-state index is 8.60. The van der Waals surface area contributed by atoms with Gasteiger partial charge in [0, 0.05) is 32.3 Å². The molecule has 1 aliphatic rings. The SMILES string of the molecule is OCCCC1CNCCN1Cl. The zero-order chi connectivity index (χ0) is 8.10. The summed E-state index contributed by atoms with van der Waals surface area (Å²) in [5, 5.41) is 11.9. The van der Waals surface area contributed by atoms with E-state index in [0.717, 1.165) is 32.5 Å². The molecular weight excluding hydrogens is 164 g/mol. The molecule has 0 amide bonds. The van der Waals surface area contributed by atoms with Gasteiger partial charge >= 0.3 is 0 Å². The van der Waals surface area contributed by atoms with Gasteiger partial charge in [-0.3, -0.25) is 0 Å². The number of aliphatic hydroxyl groups is 1. The van der Waals surface area contributed by atoms with E-state index in [4.69, 9.17) is 16.9 Å². The van der Waals surface area contributed by atoms with E-state index >= 15 is 0 Å². The number of nitrogens with one attached hydrogen (secondary N) is 1. The van der Waals surface area contributed by atoms with Crippen LogP contribution in [0.25, 0.3) is 0 Å². The smallest absolute Gasteiger partial charge is 0.0431 e. The molecule has 11 heavy (non-hydrogen) atoms. The lowest BCUT2D eigenvalue weighted by atomic mass is 10.1. The monoisotopic (exact) mass is 178 g/mol. The molecule has 1 saturated heterocycles. The van der Waals surface area contributed by atoms with Gasteiger partial charge in [-0.2, -0.15) is 0 Å². The average Bonchev–Trinajstić information content (AvgIpc) is 2.03. The highest BCUT2D eigenvalue weighted by Crippen LogP contribution is 2.11. The van der Waals surface area contributed by atoms with Gasteiger partial charge in [-0.25, -0.2) is 4.42 Å². The largest absolute Gasteiger partial charge is 0.396 e. The molecule has 0 aliphatic carbocycles. The molecule has 1 fully saturated rings. The lowest BCUT2D eigenvalue weighted by Crippen LogP contribution is -2.46. The molecule has 0 aromatic carbocycles. The minimum atomic E-state index is 0.265. The van der Waals surface area contributed by atoms with Crippen molar-refractivity contribution in [2.75, 3.05) is 26.2 Å². The van der Waals surface area contributed by atoms with Crippen LogP contribution in [0.2, 0.25) is 0 Å². The second kappa shape index (κ2) is 4.93. The number of halogens is 1. The van der Waals surface area contributed by atoms with E-state index in [2.05, 4.69) is 5.32 Å². The Hall–Kier alpha value is 0.170. The van der Waals surface area contributed by atoms with Crippen LogP contribution in [0.3, 0.4) is 0 Å². The third kappa shape index (κ3) is 2.95. The van der Waals surface area contributed by atoms with Crippen LogP contribution in [0.1, 0.15) is 12.8 Å². The minimum absolute atomic E-state index is 0.265. The van der Waals surface area contributed by atoms with Crippen molar-refractivity contribution in [3.05, 3.63) is 0 Å². The number of piperazine rings is 1. The normalized spacial score (nSPS) is 27.3. The molecule has 0 aromatic rings. The van der Waals surface area contributed by atoms with E-state index in [1.54, 1.807) is 0 Å². The van der Waals surface area contributed by atoms with Gasteiger partial charge in [0.1, 0.15) is 0 Å². The van der Waals surface area contributed by atoms with Crippen molar-refractivity contribution in [2.45, 2.75) is 18.9 Å². The third-order valence-corrected chi connectivity index (χ3v) is 2.42. The van der Waals surface area contributed by atoms with Crippen LogP contribution in [0.4, 0.5) is 0 Å². The number of nitrogens with zero attached hydrogens (tertiary/aromatic N) is 1. The van der Waals surface area contributed by atoms with Crippen LogP contribution in [-0.4, -0.2) is 41.8 Å². The van der Waals surface area contributed by atoms with Gasteiger partial charge in [-0.05, 0) is 24.6 Å². The fraction of sp³-hybridized carbons (Fsp3) is 1.00. The van der Waals surface area contributed by atoms with E-state index in [0.29, 0.717) is 6.04 Å². The Kier molecular flexibility index (Phi) is 4.15. The first-order chi connectivity index (χ1) is 5.34. The highest BCUT2D eigenvalue weighted by molar-refractivity contribution is 6.13. The number of hydrogen-bond acceptors (Lipinski definition) is 3. The van der Waals surface area contributed by atoms with Gasteiger partial charge in [0.25, 0.3) is 0 Å². The van der Waals surface area contributed by atoms with Crippen molar-refractivity contribution >= 4 is 11.8 Å². The molecule has 2 N–H and O–H groups in total. The van der Waals surface area contributed by atoms with Gasteiger partial charge in [0.15, 0.2) is 0 Å². The summed E-state index contributed by atoms with van der Waals surface area (Å²) in [6, 6.07) is 0.401. The molecule has 1 unspecified atom stereocenters. The molecule has 0 radical (unpaired) electrons. The standard InChI is InChI=1S/C7H15ClN2O/c8-10-4-3-9-6-7(10)2-1-5-11/h7,9,11H,1-6H2. The van der Waals surface area contributed by atoms with Crippen molar-refractivity contribution < 1.29 is 5.11 Å². The van der Waals surface area contributed by atoms with Crippen molar-refractivity contribution in [3.63, 3.8) is 0 Å². The van der Waals surface area contributed by atoms with Crippen LogP contribution in [0.15, 0.2) is 0 Å². The third-order valence-electron chi connectivity index (χ3n) is 1.97. The zero-order valence-electron chi connectivity index (χ0n) is 6.59. The highest BCUT2D eigenvalue weighted by Gasteiger charge is 2.19. The highest BCUT2D eigenvalue weighted by atomic mass is 35.5. The maximum atomic E-state index is 8.60. The van der Waals surface area contributed by atoms with E-state index in [9.17, 15) is 0 Å². The van der Waals surface area contributed by atoms with Crippen LogP contribution in [-0.2, 0) is 0 Å². The van der Waals surface area contributed by atoms with E-state index in [-0.39, 0.29) is 6.61 Å². The molecule has 1 atom stereocenters. The molecule has 1 rings (SSSR count). The van der Waals surface area contributed by atoms with Crippen molar-refractivity contribution in [1.82, 2.24) is 9.74 Å². The minimum Gasteiger partial charge on any atom is -0.396 e. The first-order valence-corrected chi connectivity index (χ1v) is 4.42. The van der Waals surface area contributed by atoms with Gasteiger partial charge in [-0.15, -0.1) is 0 Å².